The number of benzene rings is 2. The van der Waals surface area contributed by atoms with E-state index in [0.717, 1.165) is 25.8 Å². The SMILES string of the molecule is C#Cc1c(F)ccc2cc(O)cc(-c3nc4c5c(nc(OC[C@@]67CCCN6C[C@H](F)C7)nc5c3F)N3CC5CCC(C3CO4)N5C(=O)OC(C)C)c12. The van der Waals surface area contributed by atoms with E-state index in [1.165, 1.54) is 24.3 Å². The Morgan fingerprint density at radius 2 is 2.00 bits per heavy atom. The number of piperazine rings is 1. The number of amides is 1. The largest absolute Gasteiger partial charge is 0.508 e. The topological polar surface area (TPSA) is 113 Å². The number of carbonyl (C=O) groups is 1. The molecule has 0 spiro atoms. The Balaban J connectivity index is 1.22. The number of aromatic nitrogens is 3. The van der Waals surface area contributed by atoms with Crippen molar-refractivity contribution in [1.82, 2.24) is 24.8 Å². The highest BCUT2D eigenvalue weighted by Gasteiger charge is 2.52. The van der Waals surface area contributed by atoms with Crippen LogP contribution in [-0.2, 0) is 4.74 Å². The molecule has 5 aliphatic rings. The van der Waals surface area contributed by atoms with Crippen molar-refractivity contribution in [3.63, 3.8) is 0 Å². The second kappa shape index (κ2) is 12.0. The summed E-state index contributed by atoms with van der Waals surface area (Å²) in [7, 11) is 0. The molecule has 4 saturated heterocycles. The zero-order chi connectivity index (χ0) is 36.1. The average molecular weight is 715 g/mol. The van der Waals surface area contributed by atoms with Gasteiger partial charge in [-0.15, -0.1) is 6.42 Å². The third kappa shape index (κ3) is 4.99. The molecule has 0 aliphatic carbocycles. The van der Waals surface area contributed by atoms with Crippen LogP contribution in [0.15, 0.2) is 24.3 Å². The van der Waals surface area contributed by atoms with E-state index in [1.807, 2.05) is 4.90 Å². The number of alkyl halides is 1. The van der Waals surface area contributed by atoms with Gasteiger partial charge in [-0.1, -0.05) is 12.0 Å². The van der Waals surface area contributed by atoms with Gasteiger partial charge in [-0.25, -0.2) is 22.9 Å². The predicted molar refractivity (Wildman–Crippen MR) is 185 cm³/mol. The van der Waals surface area contributed by atoms with Gasteiger partial charge in [0.1, 0.15) is 53.4 Å². The van der Waals surface area contributed by atoms with Crippen LogP contribution in [0.3, 0.4) is 0 Å². The average Bonchev–Trinajstić information content (AvgIpc) is 3.71. The van der Waals surface area contributed by atoms with Gasteiger partial charge in [0, 0.05) is 30.5 Å². The molecule has 0 radical (unpaired) electrons. The molecule has 2 aromatic heterocycles. The Morgan fingerprint density at radius 3 is 2.81 bits per heavy atom. The van der Waals surface area contributed by atoms with Gasteiger partial charge in [-0.05, 0) is 69.7 Å². The molecule has 1 N–H and O–H groups in total. The number of terminal acetylenes is 1. The highest BCUT2D eigenvalue weighted by Crippen LogP contribution is 2.47. The first-order valence-corrected chi connectivity index (χ1v) is 17.8. The number of carbonyl (C=O) groups excluding carboxylic acids is 1. The third-order valence-electron chi connectivity index (χ3n) is 11.4. The Labute approximate surface area is 297 Å². The van der Waals surface area contributed by atoms with Gasteiger partial charge in [0.25, 0.3) is 0 Å². The van der Waals surface area contributed by atoms with Crippen LogP contribution in [0, 0.1) is 24.0 Å². The molecule has 1 amide bonds. The normalized spacial score (nSPS) is 26.3. The summed E-state index contributed by atoms with van der Waals surface area (Å²) < 4.78 is 65.3. The molecule has 52 heavy (non-hydrogen) atoms. The molecule has 5 atom stereocenters. The highest BCUT2D eigenvalue weighted by atomic mass is 19.1. The quantitative estimate of drug-likeness (QED) is 0.258. The smallest absolute Gasteiger partial charge is 0.410 e. The minimum Gasteiger partial charge on any atom is -0.508 e. The number of hydrogen-bond acceptors (Lipinski definition) is 10. The van der Waals surface area contributed by atoms with Crippen LogP contribution in [0.1, 0.15) is 51.5 Å². The number of halogens is 3. The van der Waals surface area contributed by atoms with E-state index < -0.39 is 35.5 Å². The molecule has 11 nitrogen and oxygen atoms in total. The van der Waals surface area contributed by atoms with Gasteiger partial charge in [0.15, 0.2) is 5.82 Å². The number of hydrogen-bond donors (Lipinski definition) is 1. The van der Waals surface area contributed by atoms with Crippen molar-refractivity contribution in [2.24, 2.45) is 0 Å². The van der Waals surface area contributed by atoms with E-state index in [2.05, 4.69) is 20.8 Å². The zero-order valence-electron chi connectivity index (χ0n) is 28.7. The summed E-state index contributed by atoms with van der Waals surface area (Å²) in [5.41, 5.74) is -0.991. The first-order chi connectivity index (χ1) is 25.0. The number of fused-ring (bicyclic) bond motifs is 7. The van der Waals surface area contributed by atoms with Crippen molar-refractivity contribution < 1.29 is 37.3 Å². The summed E-state index contributed by atoms with van der Waals surface area (Å²) in [6.07, 6.45) is 7.50. The number of phenolic OH excluding ortho intramolecular Hbond substituents is 1. The van der Waals surface area contributed by atoms with Gasteiger partial charge in [-0.3, -0.25) is 9.80 Å². The molecule has 2 bridgehead atoms. The Hall–Kier alpha value is -5.03. The van der Waals surface area contributed by atoms with Gasteiger partial charge in [0.05, 0.1) is 35.3 Å². The van der Waals surface area contributed by atoms with Crippen molar-refractivity contribution in [3.8, 4) is 41.2 Å². The molecule has 4 fully saturated rings. The lowest BCUT2D eigenvalue weighted by atomic mass is 9.95. The molecule has 9 rings (SSSR count). The molecule has 2 aromatic carbocycles. The van der Waals surface area contributed by atoms with Crippen LogP contribution < -0.4 is 14.4 Å². The maximum absolute atomic E-state index is 17.2. The predicted octanol–water partition coefficient (Wildman–Crippen LogP) is 5.72. The van der Waals surface area contributed by atoms with E-state index in [4.69, 9.17) is 25.6 Å². The van der Waals surface area contributed by atoms with Crippen LogP contribution >= 0.6 is 0 Å². The van der Waals surface area contributed by atoms with E-state index in [0.29, 0.717) is 37.1 Å². The van der Waals surface area contributed by atoms with Gasteiger partial charge >= 0.3 is 12.1 Å². The maximum atomic E-state index is 17.2. The van der Waals surface area contributed by atoms with E-state index in [-0.39, 0.29) is 82.2 Å². The van der Waals surface area contributed by atoms with Crippen molar-refractivity contribution in [1.29, 1.82) is 0 Å². The Kier molecular flexibility index (Phi) is 7.59. The summed E-state index contributed by atoms with van der Waals surface area (Å²) >= 11 is 0. The van der Waals surface area contributed by atoms with Crippen LogP contribution in [0.5, 0.6) is 17.6 Å². The van der Waals surface area contributed by atoms with Crippen LogP contribution in [0.25, 0.3) is 32.9 Å². The third-order valence-corrected chi connectivity index (χ3v) is 11.4. The summed E-state index contributed by atoms with van der Waals surface area (Å²) in [6, 6.07) is 4.35. The number of anilines is 1. The lowest BCUT2D eigenvalue weighted by Gasteiger charge is -2.46. The molecule has 5 aliphatic heterocycles. The molecule has 14 heteroatoms. The summed E-state index contributed by atoms with van der Waals surface area (Å²) in [6.45, 7) is 5.27. The Morgan fingerprint density at radius 1 is 1.15 bits per heavy atom. The minimum absolute atomic E-state index is 0.0290. The minimum atomic E-state index is -0.971. The second-order valence-corrected chi connectivity index (χ2v) is 14.8. The summed E-state index contributed by atoms with van der Waals surface area (Å²) in [5, 5.41) is 11.5. The number of ether oxygens (including phenoxy) is 3. The maximum Gasteiger partial charge on any atom is 0.410 e. The first-order valence-electron chi connectivity index (χ1n) is 17.8. The van der Waals surface area contributed by atoms with Crippen molar-refractivity contribution in [2.45, 2.75) is 81.9 Å². The molecular formula is C38H37F3N6O5. The second-order valence-electron chi connectivity index (χ2n) is 14.8. The fraction of sp³-hybridized carbons (Fsp3) is 0.474. The molecule has 7 heterocycles. The fourth-order valence-electron chi connectivity index (χ4n) is 9.25. The lowest BCUT2D eigenvalue weighted by molar-refractivity contribution is 0.0448. The number of rotatable bonds is 5. The van der Waals surface area contributed by atoms with Crippen molar-refractivity contribution in [2.75, 3.05) is 37.7 Å². The summed E-state index contributed by atoms with van der Waals surface area (Å²) in [5.74, 6) is 0.972. The zero-order valence-corrected chi connectivity index (χ0v) is 28.7. The number of phenols is 1. The van der Waals surface area contributed by atoms with Crippen molar-refractivity contribution >= 4 is 33.6 Å². The van der Waals surface area contributed by atoms with Crippen LogP contribution in [0.4, 0.5) is 23.8 Å². The van der Waals surface area contributed by atoms with E-state index in [1.54, 1.807) is 18.7 Å². The monoisotopic (exact) mass is 714 g/mol. The molecule has 0 saturated carbocycles. The standard InChI is InChI=1S/C38H37F3N6O5/c1-4-24-26(40)8-6-20-12-23(48)13-25(29(20)24)32-31(41)33-30-34(44-36(43-33)51-18-38-10-5-11-45(38)15-21(39)14-38)46-16-22-7-9-27(28(46)17-50-35(30)42-32)47(22)37(49)52-19(2)3/h1,6,8,12-13,19,21-22,27-28,48H,5,7,9-11,14-18H2,2-3H3/t21-,22?,27?,28?,38+/m1/s1. The number of nitrogens with zero attached hydrogens (tertiary/aromatic N) is 6. The number of aromatic hydroxyl groups is 1. The van der Waals surface area contributed by atoms with Gasteiger partial charge < -0.3 is 24.2 Å². The summed E-state index contributed by atoms with van der Waals surface area (Å²) in [4.78, 5) is 33.4. The fourth-order valence-corrected chi connectivity index (χ4v) is 9.25. The van der Waals surface area contributed by atoms with Crippen molar-refractivity contribution in [3.05, 3.63) is 41.5 Å². The lowest BCUT2D eigenvalue weighted by Crippen LogP contribution is -2.63. The Bertz CT molecular complexity index is 2200. The molecule has 4 aromatic rings. The van der Waals surface area contributed by atoms with Crippen LogP contribution in [0.2, 0.25) is 0 Å². The molecular weight excluding hydrogens is 677 g/mol. The number of pyridine rings is 1. The van der Waals surface area contributed by atoms with E-state index in [9.17, 15) is 14.3 Å². The molecule has 3 unspecified atom stereocenters. The van der Waals surface area contributed by atoms with Crippen LogP contribution in [-0.4, -0.2) is 105 Å². The van der Waals surface area contributed by atoms with Gasteiger partial charge in [0.2, 0.25) is 5.88 Å². The first kappa shape index (κ1) is 32.8. The highest BCUT2D eigenvalue weighted by molar-refractivity contribution is 6.04. The van der Waals surface area contributed by atoms with E-state index >= 15 is 8.78 Å². The molecule has 270 valence electrons. The van der Waals surface area contributed by atoms with Gasteiger partial charge in [-0.2, -0.15) is 9.97 Å².